The molecule has 2 aromatic rings. The van der Waals surface area contributed by atoms with Gasteiger partial charge in [-0.15, -0.1) is 11.3 Å². The summed E-state index contributed by atoms with van der Waals surface area (Å²) in [7, 11) is 0. The third-order valence-electron chi connectivity index (χ3n) is 2.91. The summed E-state index contributed by atoms with van der Waals surface area (Å²) in [5.41, 5.74) is 2.09. The molecule has 5 heteroatoms. The van der Waals surface area contributed by atoms with E-state index < -0.39 is 0 Å². The molecule has 1 heterocycles. The molecular weight excluding hydrogens is 304 g/mol. The fourth-order valence-electron chi connectivity index (χ4n) is 1.69. The van der Waals surface area contributed by atoms with Crippen LogP contribution in [0.25, 0.3) is 6.08 Å². The van der Waals surface area contributed by atoms with E-state index in [1.165, 1.54) is 11.3 Å². The molecule has 0 spiro atoms. The van der Waals surface area contributed by atoms with Gasteiger partial charge in [0, 0.05) is 16.4 Å². The topological polar surface area (TPSA) is 52.9 Å². The largest absolute Gasteiger partial charge is 0.347 e. The predicted molar refractivity (Wildman–Crippen MR) is 85.9 cm³/mol. The molecule has 0 atom stereocenters. The number of hydrogen-bond donors (Lipinski definition) is 1. The maximum Gasteiger partial charge on any atom is 0.262 e. The van der Waals surface area contributed by atoms with Crippen molar-refractivity contribution in [3.8, 4) is 6.07 Å². The van der Waals surface area contributed by atoms with E-state index in [0.717, 1.165) is 16.0 Å². The monoisotopic (exact) mass is 316 g/mol. The van der Waals surface area contributed by atoms with Crippen LogP contribution in [0.2, 0.25) is 5.02 Å². The lowest BCUT2D eigenvalue weighted by Gasteiger charge is -2.04. The number of hydrogen-bond acceptors (Lipinski definition) is 3. The zero-order valence-electron chi connectivity index (χ0n) is 11.4. The van der Waals surface area contributed by atoms with Gasteiger partial charge in [-0.1, -0.05) is 23.7 Å². The number of nitriles is 1. The van der Waals surface area contributed by atoms with E-state index in [2.05, 4.69) is 5.32 Å². The summed E-state index contributed by atoms with van der Waals surface area (Å²) in [4.78, 5) is 13.0. The van der Waals surface area contributed by atoms with Crippen LogP contribution in [0.5, 0.6) is 0 Å². The van der Waals surface area contributed by atoms with Crippen LogP contribution in [0.15, 0.2) is 41.3 Å². The molecule has 21 heavy (non-hydrogen) atoms. The first-order chi connectivity index (χ1) is 10.1. The molecule has 0 bridgehead atoms. The maximum atomic E-state index is 12.0. The van der Waals surface area contributed by atoms with E-state index in [9.17, 15) is 4.79 Å². The molecule has 0 fully saturated rings. The van der Waals surface area contributed by atoms with E-state index >= 15 is 0 Å². The minimum atomic E-state index is -0.375. The molecule has 0 unspecified atom stereocenters. The second-order valence-electron chi connectivity index (χ2n) is 4.45. The van der Waals surface area contributed by atoms with E-state index in [1.807, 2.05) is 36.6 Å². The average Bonchev–Trinajstić information content (AvgIpc) is 2.89. The van der Waals surface area contributed by atoms with Crippen LogP contribution in [0.4, 0.5) is 0 Å². The van der Waals surface area contributed by atoms with Crippen molar-refractivity contribution in [2.45, 2.75) is 13.5 Å². The molecule has 0 aliphatic carbocycles. The summed E-state index contributed by atoms with van der Waals surface area (Å²) in [6, 6.07) is 11.1. The minimum Gasteiger partial charge on any atom is -0.347 e. The molecule has 1 aromatic carbocycles. The van der Waals surface area contributed by atoms with Gasteiger partial charge in [0.05, 0.1) is 0 Å². The SMILES string of the molecule is Cc1ccsc1/C=C(\C#N)C(=O)NCc1ccc(Cl)cc1. The number of nitrogens with one attached hydrogen (secondary N) is 1. The molecule has 0 aliphatic heterocycles. The summed E-state index contributed by atoms with van der Waals surface area (Å²) in [5.74, 6) is -0.375. The Labute approximate surface area is 132 Å². The molecule has 0 saturated carbocycles. The van der Waals surface area contributed by atoms with Gasteiger partial charge in [-0.05, 0) is 47.7 Å². The van der Waals surface area contributed by atoms with E-state index in [0.29, 0.717) is 11.6 Å². The van der Waals surface area contributed by atoms with Gasteiger partial charge < -0.3 is 5.32 Å². The molecule has 106 valence electrons. The van der Waals surface area contributed by atoms with Crippen molar-refractivity contribution in [1.82, 2.24) is 5.32 Å². The summed E-state index contributed by atoms with van der Waals surface area (Å²) in [6.07, 6.45) is 1.62. The summed E-state index contributed by atoms with van der Waals surface area (Å²) >= 11 is 7.31. The molecule has 1 amide bonds. The van der Waals surface area contributed by atoms with Crippen molar-refractivity contribution >= 4 is 34.9 Å². The van der Waals surface area contributed by atoms with Crippen molar-refractivity contribution in [3.63, 3.8) is 0 Å². The van der Waals surface area contributed by atoms with E-state index in [1.54, 1.807) is 18.2 Å². The van der Waals surface area contributed by atoms with Gasteiger partial charge in [0.15, 0.2) is 0 Å². The molecule has 1 aromatic heterocycles. The first kappa shape index (κ1) is 15.3. The third kappa shape index (κ3) is 4.19. The Hall–Kier alpha value is -2.09. The first-order valence-electron chi connectivity index (χ1n) is 6.28. The highest BCUT2D eigenvalue weighted by molar-refractivity contribution is 7.11. The minimum absolute atomic E-state index is 0.106. The molecule has 0 radical (unpaired) electrons. The van der Waals surface area contributed by atoms with Crippen LogP contribution >= 0.6 is 22.9 Å². The number of benzene rings is 1. The number of halogens is 1. The second-order valence-corrected chi connectivity index (χ2v) is 5.83. The van der Waals surface area contributed by atoms with Gasteiger partial charge in [-0.25, -0.2) is 0 Å². The quantitative estimate of drug-likeness (QED) is 0.686. The smallest absolute Gasteiger partial charge is 0.262 e. The Morgan fingerprint density at radius 3 is 2.67 bits per heavy atom. The molecular formula is C16H13ClN2OS. The number of aryl methyl sites for hydroxylation is 1. The lowest BCUT2D eigenvalue weighted by atomic mass is 10.2. The molecule has 1 N–H and O–H groups in total. The second kappa shape index (κ2) is 7.07. The van der Waals surface area contributed by atoms with Gasteiger partial charge in [0.25, 0.3) is 5.91 Å². The van der Waals surface area contributed by atoms with Crippen molar-refractivity contribution in [3.05, 3.63) is 62.3 Å². The van der Waals surface area contributed by atoms with Crippen LogP contribution in [0.1, 0.15) is 16.0 Å². The fourth-order valence-corrected chi connectivity index (χ4v) is 2.68. The number of thiophene rings is 1. The highest BCUT2D eigenvalue weighted by atomic mass is 35.5. The Balaban J connectivity index is 2.04. The van der Waals surface area contributed by atoms with E-state index in [-0.39, 0.29) is 11.5 Å². The third-order valence-corrected chi connectivity index (χ3v) is 4.13. The van der Waals surface area contributed by atoms with Crippen LogP contribution in [0, 0.1) is 18.3 Å². The van der Waals surface area contributed by atoms with Gasteiger partial charge in [0.1, 0.15) is 11.6 Å². The van der Waals surface area contributed by atoms with Gasteiger partial charge in [0.2, 0.25) is 0 Å². The molecule has 3 nitrogen and oxygen atoms in total. The number of amides is 1. The lowest BCUT2D eigenvalue weighted by Crippen LogP contribution is -2.23. The normalized spacial score (nSPS) is 11.0. The average molecular weight is 317 g/mol. The predicted octanol–water partition coefficient (Wildman–Crippen LogP) is 3.93. The summed E-state index contributed by atoms with van der Waals surface area (Å²) in [5, 5.41) is 14.4. The van der Waals surface area contributed by atoms with Crippen LogP contribution in [0.3, 0.4) is 0 Å². The Kier molecular flexibility index (Phi) is 5.15. The standard InChI is InChI=1S/C16H13ClN2OS/c1-11-6-7-21-15(11)8-13(9-18)16(20)19-10-12-2-4-14(17)5-3-12/h2-8H,10H2,1H3,(H,19,20)/b13-8+. The first-order valence-corrected chi connectivity index (χ1v) is 7.54. The van der Waals surface area contributed by atoms with Crippen molar-refractivity contribution in [2.75, 3.05) is 0 Å². The fraction of sp³-hybridized carbons (Fsp3) is 0.125. The van der Waals surface area contributed by atoms with Crippen LogP contribution in [-0.4, -0.2) is 5.91 Å². The highest BCUT2D eigenvalue weighted by Gasteiger charge is 2.10. The maximum absolute atomic E-state index is 12.0. The molecule has 0 aliphatic rings. The van der Waals surface area contributed by atoms with Crippen LogP contribution in [-0.2, 0) is 11.3 Å². The number of carbonyl (C=O) groups excluding carboxylic acids is 1. The van der Waals surface area contributed by atoms with Crippen molar-refractivity contribution in [2.24, 2.45) is 0 Å². The Bertz CT molecular complexity index is 711. The zero-order chi connectivity index (χ0) is 15.2. The van der Waals surface area contributed by atoms with Crippen molar-refractivity contribution < 1.29 is 4.79 Å². The molecule has 0 saturated heterocycles. The molecule has 2 rings (SSSR count). The van der Waals surface area contributed by atoms with Gasteiger partial charge in [-0.2, -0.15) is 5.26 Å². The van der Waals surface area contributed by atoms with Crippen molar-refractivity contribution in [1.29, 1.82) is 5.26 Å². The Morgan fingerprint density at radius 2 is 2.10 bits per heavy atom. The van der Waals surface area contributed by atoms with Gasteiger partial charge in [-0.3, -0.25) is 4.79 Å². The number of nitrogens with zero attached hydrogens (tertiary/aromatic N) is 1. The number of carbonyl (C=O) groups is 1. The highest BCUT2D eigenvalue weighted by Crippen LogP contribution is 2.19. The summed E-state index contributed by atoms with van der Waals surface area (Å²) in [6.45, 7) is 2.31. The summed E-state index contributed by atoms with van der Waals surface area (Å²) < 4.78 is 0. The van der Waals surface area contributed by atoms with Gasteiger partial charge >= 0.3 is 0 Å². The number of rotatable bonds is 4. The zero-order valence-corrected chi connectivity index (χ0v) is 13.0. The lowest BCUT2D eigenvalue weighted by molar-refractivity contribution is -0.117. The Morgan fingerprint density at radius 1 is 1.38 bits per heavy atom. The van der Waals surface area contributed by atoms with Crippen LogP contribution < -0.4 is 5.32 Å². The van der Waals surface area contributed by atoms with E-state index in [4.69, 9.17) is 16.9 Å².